The molecular weight excluding hydrogens is 218 g/mol. The summed E-state index contributed by atoms with van der Waals surface area (Å²) < 4.78 is 28.0. The van der Waals surface area contributed by atoms with Crippen molar-refractivity contribution in [2.24, 2.45) is 0 Å². The van der Waals surface area contributed by atoms with Gasteiger partial charge in [-0.3, -0.25) is 4.79 Å². The molecular formula is C9H17NO4S. The maximum atomic E-state index is 11.8. The van der Waals surface area contributed by atoms with E-state index >= 15 is 0 Å². The molecule has 0 aromatic heterocycles. The summed E-state index contributed by atoms with van der Waals surface area (Å²) in [6.07, 6.45) is 2.36. The van der Waals surface area contributed by atoms with Crippen molar-refractivity contribution in [1.82, 2.24) is 5.32 Å². The molecule has 2 atom stereocenters. The van der Waals surface area contributed by atoms with Crippen LogP contribution in [0.25, 0.3) is 0 Å². The van der Waals surface area contributed by atoms with Gasteiger partial charge in [0.1, 0.15) is 5.75 Å². The summed E-state index contributed by atoms with van der Waals surface area (Å²) in [5.41, 5.74) is 0. The molecule has 0 bridgehead atoms. The summed E-state index contributed by atoms with van der Waals surface area (Å²) in [6, 6.07) is -0.0281. The van der Waals surface area contributed by atoms with Gasteiger partial charge in [0.25, 0.3) is 0 Å². The molecule has 1 saturated carbocycles. The topological polar surface area (TPSA) is 72.5 Å². The van der Waals surface area contributed by atoms with Crippen LogP contribution in [0.5, 0.6) is 0 Å². The Morgan fingerprint density at radius 1 is 1.47 bits per heavy atom. The van der Waals surface area contributed by atoms with E-state index < -0.39 is 26.8 Å². The molecule has 0 radical (unpaired) electrons. The molecule has 6 heteroatoms. The predicted molar refractivity (Wildman–Crippen MR) is 56.3 cm³/mol. The second kappa shape index (κ2) is 4.94. The number of nitrogens with one attached hydrogen (secondary N) is 1. The Labute approximate surface area is 90.1 Å². The van der Waals surface area contributed by atoms with Crippen LogP contribution >= 0.6 is 0 Å². The number of methoxy groups -OCH3 is 1. The molecule has 0 spiro atoms. The number of carbonyl (C=O) groups is 1. The fraction of sp³-hybridized carbons (Fsp3) is 0.889. The first kappa shape index (κ1) is 12.4. The lowest BCUT2D eigenvalue weighted by Crippen LogP contribution is -2.40. The Bertz CT molecular complexity index is 325. The van der Waals surface area contributed by atoms with E-state index in [-0.39, 0.29) is 6.04 Å². The van der Waals surface area contributed by atoms with Crippen molar-refractivity contribution in [2.45, 2.75) is 30.6 Å². The average molecular weight is 235 g/mol. The minimum absolute atomic E-state index is 0.0281. The molecule has 1 rings (SSSR count). The number of carbonyl (C=O) groups excluding carboxylic acids is 1. The summed E-state index contributed by atoms with van der Waals surface area (Å²) >= 11 is 0. The highest BCUT2D eigenvalue weighted by molar-refractivity contribution is 7.92. The number of rotatable bonds is 4. The van der Waals surface area contributed by atoms with E-state index in [1.54, 1.807) is 7.05 Å². The van der Waals surface area contributed by atoms with Crippen LogP contribution in [0.1, 0.15) is 19.3 Å². The molecule has 0 aromatic rings. The normalized spacial score (nSPS) is 26.5. The van der Waals surface area contributed by atoms with Crippen LogP contribution in [0.4, 0.5) is 0 Å². The van der Waals surface area contributed by atoms with Gasteiger partial charge < -0.3 is 10.1 Å². The van der Waals surface area contributed by atoms with E-state index in [2.05, 4.69) is 10.1 Å². The Balaban J connectivity index is 2.72. The van der Waals surface area contributed by atoms with Gasteiger partial charge in [0.2, 0.25) is 0 Å². The summed E-state index contributed by atoms with van der Waals surface area (Å²) in [6.45, 7) is 0. The van der Waals surface area contributed by atoms with Crippen LogP contribution in [0.15, 0.2) is 0 Å². The second-order valence-electron chi connectivity index (χ2n) is 3.75. The molecule has 0 aromatic carbocycles. The lowest BCUT2D eigenvalue weighted by atomic mass is 10.2. The predicted octanol–water partition coefficient (Wildman–Crippen LogP) is -0.285. The van der Waals surface area contributed by atoms with Crippen molar-refractivity contribution in [1.29, 1.82) is 0 Å². The molecule has 1 aliphatic rings. The van der Waals surface area contributed by atoms with Gasteiger partial charge in [-0.05, 0) is 19.9 Å². The van der Waals surface area contributed by atoms with E-state index in [9.17, 15) is 13.2 Å². The van der Waals surface area contributed by atoms with Crippen LogP contribution in [0, 0.1) is 0 Å². The standard InChI is InChI=1S/C9H17NO4S/c1-10-7-4-3-5-8(7)15(12,13)6-9(11)14-2/h7-8,10H,3-6H2,1-2H3. The number of hydrogen-bond donors (Lipinski definition) is 1. The van der Waals surface area contributed by atoms with Crippen LogP contribution in [-0.2, 0) is 19.4 Å². The summed E-state index contributed by atoms with van der Waals surface area (Å²) in [5, 5.41) is 2.54. The fourth-order valence-electron chi connectivity index (χ4n) is 2.02. The zero-order valence-electron chi connectivity index (χ0n) is 9.02. The molecule has 15 heavy (non-hydrogen) atoms. The summed E-state index contributed by atoms with van der Waals surface area (Å²) in [4.78, 5) is 11.0. The first-order chi connectivity index (χ1) is 7.01. The maximum Gasteiger partial charge on any atom is 0.320 e. The second-order valence-corrected chi connectivity index (χ2v) is 5.97. The van der Waals surface area contributed by atoms with Crippen LogP contribution < -0.4 is 5.32 Å². The average Bonchev–Trinajstić information content (AvgIpc) is 2.65. The van der Waals surface area contributed by atoms with Crippen LogP contribution in [0.2, 0.25) is 0 Å². The van der Waals surface area contributed by atoms with Crippen molar-refractivity contribution in [3.05, 3.63) is 0 Å². The monoisotopic (exact) mass is 235 g/mol. The van der Waals surface area contributed by atoms with Crippen LogP contribution in [0.3, 0.4) is 0 Å². The van der Waals surface area contributed by atoms with Gasteiger partial charge in [0.05, 0.1) is 12.4 Å². The summed E-state index contributed by atoms with van der Waals surface area (Å²) in [5.74, 6) is -1.19. The van der Waals surface area contributed by atoms with Crippen molar-refractivity contribution >= 4 is 15.8 Å². The molecule has 0 aliphatic heterocycles. The van der Waals surface area contributed by atoms with Gasteiger partial charge in [-0.2, -0.15) is 0 Å². The third kappa shape index (κ3) is 2.92. The highest BCUT2D eigenvalue weighted by atomic mass is 32.2. The van der Waals surface area contributed by atoms with Crippen molar-refractivity contribution in [3.63, 3.8) is 0 Å². The van der Waals surface area contributed by atoms with Gasteiger partial charge in [-0.25, -0.2) is 8.42 Å². The first-order valence-corrected chi connectivity index (χ1v) is 6.68. The minimum Gasteiger partial charge on any atom is -0.468 e. The minimum atomic E-state index is -3.37. The van der Waals surface area contributed by atoms with Gasteiger partial charge in [-0.1, -0.05) is 6.42 Å². The fourth-order valence-corrected chi connectivity index (χ4v) is 3.98. The van der Waals surface area contributed by atoms with E-state index in [0.29, 0.717) is 6.42 Å². The smallest absolute Gasteiger partial charge is 0.320 e. The zero-order valence-corrected chi connectivity index (χ0v) is 9.84. The van der Waals surface area contributed by atoms with E-state index in [1.807, 2.05) is 0 Å². The van der Waals surface area contributed by atoms with E-state index in [4.69, 9.17) is 0 Å². The third-order valence-corrected chi connectivity index (χ3v) is 4.96. The number of sulfone groups is 1. The molecule has 0 saturated heterocycles. The van der Waals surface area contributed by atoms with Gasteiger partial charge in [0.15, 0.2) is 9.84 Å². The quantitative estimate of drug-likeness (QED) is 0.678. The first-order valence-electron chi connectivity index (χ1n) is 4.97. The molecule has 88 valence electrons. The molecule has 0 heterocycles. The maximum absolute atomic E-state index is 11.8. The lowest BCUT2D eigenvalue weighted by molar-refractivity contribution is -0.137. The van der Waals surface area contributed by atoms with Gasteiger partial charge in [-0.15, -0.1) is 0 Å². The van der Waals surface area contributed by atoms with E-state index in [0.717, 1.165) is 12.8 Å². The summed E-state index contributed by atoms with van der Waals surface area (Å²) in [7, 11) is -0.426. The Hall–Kier alpha value is -0.620. The molecule has 1 fully saturated rings. The molecule has 2 unspecified atom stereocenters. The lowest BCUT2D eigenvalue weighted by Gasteiger charge is -2.18. The van der Waals surface area contributed by atoms with E-state index in [1.165, 1.54) is 7.11 Å². The van der Waals surface area contributed by atoms with Gasteiger partial charge >= 0.3 is 5.97 Å². The van der Waals surface area contributed by atoms with Crippen molar-refractivity contribution < 1.29 is 17.9 Å². The van der Waals surface area contributed by atoms with Crippen LogP contribution in [-0.4, -0.2) is 45.6 Å². The number of esters is 1. The highest BCUT2D eigenvalue weighted by Crippen LogP contribution is 2.25. The molecule has 5 nitrogen and oxygen atoms in total. The molecule has 0 amide bonds. The SMILES string of the molecule is CNC1CCCC1S(=O)(=O)CC(=O)OC. The molecule has 1 aliphatic carbocycles. The Kier molecular flexibility index (Phi) is 4.10. The Morgan fingerprint density at radius 3 is 2.67 bits per heavy atom. The number of hydrogen-bond acceptors (Lipinski definition) is 5. The highest BCUT2D eigenvalue weighted by Gasteiger charge is 2.37. The third-order valence-electron chi connectivity index (χ3n) is 2.83. The zero-order chi connectivity index (χ0) is 11.5. The number of ether oxygens (including phenoxy) is 1. The Morgan fingerprint density at radius 2 is 2.13 bits per heavy atom. The molecule has 1 N–H and O–H groups in total. The largest absolute Gasteiger partial charge is 0.468 e. The van der Waals surface area contributed by atoms with Crippen molar-refractivity contribution in [2.75, 3.05) is 19.9 Å². The van der Waals surface area contributed by atoms with Gasteiger partial charge in [0, 0.05) is 6.04 Å². The van der Waals surface area contributed by atoms with Crippen molar-refractivity contribution in [3.8, 4) is 0 Å².